The van der Waals surface area contributed by atoms with Crippen LogP contribution in [0.4, 0.5) is 0 Å². The largest absolute Gasteiger partial charge is 0.496 e. The molecular weight excluding hydrogens is 334 g/mol. The standard InChI is InChI=1S/C20H29NO5/c1-23-19-4-3-17(20(22)24-2)10-18(19)9-15-5-6-21(11-15)12-16-13-25-7-8-26-14-16/h3-4,10,15-16H,5-9,11-14H2,1-2H3. The van der Waals surface area contributed by atoms with Gasteiger partial charge >= 0.3 is 5.97 Å². The summed E-state index contributed by atoms with van der Waals surface area (Å²) in [5.41, 5.74) is 1.65. The molecule has 1 unspecified atom stereocenters. The topological polar surface area (TPSA) is 57.2 Å². The lowest BCUT2D eigenvalue weighted by Crippen LogP contribution is -2.31. The van der Waals surface area contributed by atoms with Crippen molar-refractivity contribution >= 4 is 5.97 Å². The van der Waals surface area contributed by atoms with Crippen LogP contribution in [0, 0.1) is 11.8 Å². The van der Waals surface area contributed by atoms with Crippen molar-refractivity contribution in [2.24, 2.45) is 11.8 Å². The second-order valence-electron chi connectivity index (χ2n) is 7.15. The molecule has 0 N–H and O–H groups in total. The minimum absolute atomic E-state index is 0.310. The highest BCUT2D eigenvalue weighted by Crippen LogP contribution is 2.28. The zero-order chi connectivity index (χ0) is 18.4. The van der Waals surface area contributed by atoms with E-state index < -0.39 is 0 Å². The lowest BCUT2D eigenvalue weighted by Gasteiger charge is -2.22. The number of carbonyl (C=O) groups is 1. The molecular formula is C20H29NO5. The number of nitrogens with zero attached hydrogens (tertiary/aromatic N) is 1. The molecule has 0 bridgehead atoms. The van der Waals surface area contributed by atoms with E-state index in [4.69, 9.17) is 18.9 Å². The van der Waals surface area contributed by atoms with E-state index in [9.17, 15) is 4.79 Å². The van der Waals surface area contributed by atoms with Gasteiger partial charge in [0.05, 0.1) is 46.2 Å². The molecule has 26 heavy (non-hydrogen) atoms. The van der Waals surface area contributed by atoms with Crippen LogP contribution in [0.3, 0.4) is 0 Å². The molecule has 144 valence electrons. The molecule has 2 fully saturated rings. The van der Waals surface area contributed by atoms with Gasteiger partial charge in [0.15, 0.2) is 0 Å². The zero-order valence-electron chi connectivity index (χ0n) is 15.7. The van der Waals surface area contributed by atoms with Crippen molar-refractivity contribution < 1.29 is 23.7 Å². The molecule has 6 nitrogen and oxygen atoms in total. The highest BCUT2D eigenvalue weighted by atomic mass is 16.5. The minimum Gasteiger partial charge on any atom is -0.496 e. The van der Waals surface area contributed by atoms with E-state index in [1.807, 2.05) is 12.1 Å². The summed E-state index contributed by atoms with van der Waals surface area (Å²) in [5, 5.41) is 0. The minimum atomic E-state index is -0.310. The predicted octanol–water partition coefficient (Wildman–Crippen LogP) is 2.01. The summed E-state index contributed by atoms with van der Waals surface area (Å²) in [7, 11) is 3.08. The Morgan fingerprint density at radius 1 is 1.19 bits per heavy atom. The Morgan fingerprint density at radius 3 is 2.65 bits per heavy atom. The lowest BCUT2D eigenvalue weighted by atomic mass is 9.96. The molecule has 0 aromatic heterocycles. The van der Waals surface area contributed by atoms with Crippen molar-refractivity contribution in [2.75, 3.05) is 60.3 Å². The van der Waals surface area contributed by atoms with Crippen molar-refractivity contribution in [1.29, 1.82) is 0 Å². The van der Waals surface area contributed by atoms with Gasteiger partial charge in [-0.2, -0.15) is 0 Å². The first-order chi connectivity index (χ1) is 12.7. The lowest BCUT2D eigenvalue weighted by molar-refractivity contribution is 0.0600. The van der Waals surface area contributed by atoms with Crippen LogP contribution in [-0.2, 0) is 20.6 Å². The van der Waals surface area contributed by atoms with E-state index in [-0.39, 0.29) is 5.97 Å². The van der Waals surface area contributed by atoms with Gasteiger partial charge in [-0.05, 0) is 49.1 Å². The monoisotopic (exact) mass is 363 g/mol. The van der Waals surface area contributed by atoms with Gasteiger partial charge < -0.3 is 23.8 Å². The molecule has 2 aliphatic rings. The number of ether oxygens (including phenoxy) is 4. The number of carbonyl (C=O) groups excluding carboxylic acids is 1. The van der Waals surface area contributed by atoms with Gasteiger partial charge in [-0.1, -0.05) is 0 Å². The first-order valence-corrected chi connectivity index (χ1v) is 9.32. The van der Waals surface area contributed by atoms with Gasteiger partial charge in [0, 0.05) is 19.0 Å². The molecule has 1 aromatic rings. The number of hydrogen-bond acceptors (Lipinski definition) is 6. The maximum Gasteiger partial charge on any atom is 0.337 e. The molecule has 1 aromatic carbocycles. The zero-order valence-corrected chi connectivity index (χ0v) is 15.7. The van der Waals surface area contributed by atoms with E-state index in [1.54, 1.807) is 13.2 Å². The number of methoxy groups -OCH3 is 2. The Bertz CT molecular complexity index is 598. The van der Waals surface area contributed by atoms with E-state index in [0.717, 1.165) is 57.0 Å². The van der Waals surface area contributed by atoms with E-state index in [1.165, 1.54) is 7.11 Å². The maximum atomic E-state index is 11.8. The molecule has 2 aliphatic heterocycles. The summed E-state index contributed by atoms with van der Waals surface area (Å²) in [6.07, 6.45) is 2.06. The fraction of sp³-hybridized carbons (Fsp3) is 0.650. The van der Waals surface area contributed by atoms with Gasteiger partial charge in [0.2, 0.25) is 0 Å². The van der Waals surface area contributed by atoms with Crippen molar-refractivity contribution in [3.05, 3.63) is 29.3 Å². The number of rotatable bonds is 6. The Morgan fingerprint density at radius 2 is 1.96 bits per heavy atom. The van der Waals surface area contributed by atoms with Crippen molar-refractivity contribution in [3.8, 4) is 5.75 Å². The Balaban J connectivity index is 1.58. The predicted molar refractivity (Wildman–Crippen MR) is 97.7 cm³/mol. The van der Waals surface area contributed by atoms with Gasteiger partial charge in [-0.25, -0.2) is 4.79 Å². The second-order valence-corrected chi connectivity index (χ2v) is 7.15. The summed E-state index contributed by atoms with van der Waals surface area (Å²) >= 11 is 0. The number of benzene rings is 1. The summed E-state index contributed by atoms with van der Waals surface area (Å²) in [4.78, 5) is 14.3. The molecule has 3 rings (SSSR count). The molecule has 2 saturated heterocycles. The fourth-order valence-corrected chi connectivity index (χ4v) is 3.88. The number of hydrogen-bond donors (Lipinski definition) is 0. The van der Waals surface area contributed by atoms with Crippen molar-refractivity contribution in [1.82, 2.24) is 4.90 Å². The van der Waals surface area contributed by atoms with E-state index in [2.05, 4.69) is 4.90 Å². The fourth-order valence-electron chi connectivity index (χ4n) is 3.88. The summed E-state index contributed by atoms with van der Waals surface area (Å²) < 4.78 is 21.5. The SMILES string of the molecule is COC(=O)c1ccc(OC)c(CC2CCN(CC3COCCOC3)C2)c1. The third-order valence-corrected chi connectivity index (χ3v) is 5.18. The quantitative estimate of drug-likeness (QED) is 0.721. The van der Waals surface area contributed by atoms with Crippen LogP contribution in [0.2, 0.25) is 0 Å². The highest BCUT2D eigenvalue weighted by Gasteiger charge is 2.26. The number of likely N-dealkylation sites (tertiary alicyclic amines) is 1. The van der Waals surface area contributed by atoms with Crippen LogP contribution in [0.5, 0.6) is 5.75 Å². The molecule has 0 radical (unpaired) electrons. The molecule has 1 atom stereocenters. The van der Waals surface area contributed by atoms with Gasteiger partial charge in [-0.3, -0.25) is 0 Å². The number of esters is 1. The third-order valence-electron chi connectivity index (χ3n) is 5.18. The summed E-state index contributed by atoms with van der Waals surface area (Å²) in [6.45, 7) is 6.16. The van der Waals surface area contributed by atoms with Crippen LogP contribution < -0.4 is 4.74 Å². The van der Waals surface area contributed by atoms with Crippen LogP contribution in [0.25, 0.3) is 0 Å². The summed E-state index contributed by atoms with van der Waals surface area (Å²) in [5.74, 6) is 1.54. The smallest absolute Gasteiger partial charge is 0.337 e. The Hall–Kier alpha value is -1.63. The molecule has 0 spiro atoms. The molecule has 0 saturated carbocycles. The third kappa shape index (κ3) is 4.96. The highest BCUT2D eigenvalue weighted by molar-refractivity contribution is 5.89. The summed E-state index contributed by atoms with van der Waals surface area (Å²) in [6, 6.07) is 5.51. The van der Waals surface area contributed by atoms with Crippen molar-refractivity contribution in [2.45, 2.75) is 12.8 Å². The van der Waals surface area contributed by atoms with Gasteiger partial charge in [0.25, 0.3) is 0 Å². The first-order valence-electron chi connectivity index (χ1n) is 9.32. The van der Waals surface area contributed by atoms with Gasteiger partial charge in [0.1, 0.15) is 5.75 Å². The van der Waals surface area contributed by atoms with Crippen LogP contribution >= 0.6 is 0 Å². The van der Waals surface area contributed by atoms with Crippen LogP contribution in [0.15, 0.2) is 18.2 Å². The van der Waals surface area contributed by atoms with Crippen molar-refractivity contribution in [3.63, 3.8) is 0 Å². The first kappa shape index (κ1) is 19.1. The maximum absolute atomic E-state index is 11.8. The normalized spacial score (nSPS) is 22.2. The van der Waals surface area contributed by atoms with Crippen LogP contribution in [-0.4, -0.2) is 71.2 Å². The second kappa shape index (κ2) is 9.35. The van der Waals surface area contributed by atoms with Gasteiger partial charge in [-0.15, -0.1) is 0 Å². The Kier molecular flexibility index (Phi) is 6.88. The molecule has 0 amide bonds. The molecule has 2 heterocycles. The molecule has 6 heteroatoms. The van der Waals surface area contributed by atoms with E-state index >= 15 is 0 Å². The average molecular weight is 363 g/mol. The van der Waals surface area contributed by atoms with Crippen LogP contribution in [0.1, 0.15) is 22.3 Å². The Labute approximate surface area is 155 Å². The average Bonchev–Trinajstić information content (AvgIpc) is 2.93. The molecule has 0 aliphatic carbocycles. The van der Waals surface area contributed by atoms with E-state index in [0.29, 0.717) is 30.6 Å².